The molecule has 4 rings (SSSR count). The van der Waals surface area contributed by atoms with Crippen molar-refractivity contribution in [1.29, 1.82) is 0 Å². The summed E-state index contributed by atoms with van der Waals surface area (Å²) >= 11 is 5.97. The summed E-state index contributed by atoms with van der Waals surface area (Å²) in [5, 5.41) is 39.9. The number of carboxylic acid groups (broad SMARTS) is 2. The van der Waals surface area contributed by atoms with Crippen molar-refractivity contribution in [3.8, 4) is 0 Å². The van der Waals surface area contributed by atoms with E-state index in [-0.39, 0.29) is 6.03 Å². The summed E-state index contributed by atoms with van der Waals surface area (Å²) in [6.07, 6.45) is 3.26. The summed E-state index contributed by atoms with van der Waals surface area (Å²) in [5.74, 6) is -6.78. The van der Waals surface area contributed by atoms with Crippen molar-refractivity contribution >= 4 is 41.1 Å². The van der Waals surface area contributed by atoms with Gasteiger partial charge in [-0.3, -0.25) is 9.59 Å². The van der Waals surface area contributed by atoms with E-state index in [9.17, 15) is 44.4 Å². The molecule has 0 saturated carbocycles. The van der Waals surface area contributed by atoms with E-state index in [1.165, 1.54) is 47.5 Å². The molecule has 1 aliphatic heterocycles. The maximum Gasteiger partial charge on any atom is 0.348 e. The summed E-state index contributed by atoms with van der Waals surface area (Å²) in [4.78, 5) is 66.8. The van der Waals surface area contributed by atoms with Crippen molar-refractivity contribution < 1.29 is 44.4 Å². The summed E-state index contributed by atoms with van der Waals surface area (Å²) in [7, 11) is 3.66. The molecule has 280 valence electrons. The highest BCUT2D eigenvalue weighted by Gasteiger charge is 2.69. The van der Waals surface area contributed by atoms with Crippen LogP contribution in [-0.4, -0.2) is 122 Å². The molecule has 1 fully saturated rings. The Morgan fingerprint density at radius 2 is 1.25 bits per heavy atom. The van der Waals surface area contributed by atoms with Gasteiger partial charge in [0.2, 0.25) is 11.6 Å². The largest absolute Gasteiger partial charge is 0.479 e. The molecule has 3 aromatic rings. The lowest BCUT2D eigenvalue weighted by molar-refractivity contribution is -0.187. The second kappa shape index (κ2) is 18.7. The number of piperidine rings is 1. The number of hydrogen-bond acceptors (Lipinski definition) is 8. The second-order valence-electron chi connectivity index (χ2n) is 13.1. The Balaban J connectivity index is 0.000000280. The van der Waals surface area contributed by atoms with Crippen LogP contribution in [0.1, 0.15) is 58.5 Å². The Labute approximate surface area is 309 Å². The van der Waals surface area contributed by atoms with Crippen LogP contribution >= 0.6 is 11.6 Å². The van der Waals surface area contributed by atoms with Crippen molar-refractivity contribution in [3.05, 3.63) is 107 Å². The summed E-state index contributed by atoms with van der Waals surface area (Å²) in [5.41, 5.74) is -6.13. The number of likely N-dealkylation sites (N-methyl/N-ethyl adjacent to an activating group) is 1. The van der Waals surface area contributed by atoms with Crippen LogP contribution in [0.2, 0.25) is 0 Å². The van der Waals surface area contributed by atoms with Gasteiger partial charge in [0, 0.05) is 56.8 Å². The highest BCUT2D eigenvalue weighted by molar-refractivity contribution is 6.28. The molecule has 3 aromatic carbocycles. The van der Waals surface area contributed by atoms with Gasteiger partial charge >= 0.3 is 18.0 Å². The number of nitrogens with zero attached hydrogens (tertiary/aromatic N) is 3. The number of aliphatic carboxylic acids is 2. The first-order chi connectivity index (χ1) is 24.6. The van der Waals surface area contributed by atoms with Crippen LogP contribution in [0.15, 0.2) is 84.9 Å². The number of halogens is 1. The van der Waals surface area contributed by atoms with Crippen molar-refractivity contribution in [1.82, 2.24) is 14.7 Å². The Bertz CT molecular complexity index is 1610. The quantitative estimate of drug-likeness (QED) is 0.105. The summed E-state index contributed by atoms with van der Waals surface area (Å²) < 4.78 is 0. The molecule has 4 N–H and O–H groups in total. The molecule has 0 aromatic heterocycles. The van der Waals surface area contributed by atoms with Crippen molar-refractivity contribution in [2.45, 2.75) is 56.2 Å². The van der Waals surface area contributed by atoms with E-state index in [4.69, 9.17) is 11.6 Å². The van der Waals surface area contributed by atoms with Crippen LogP contribution in [0.3, 0.4) is 0 Å². The Kier molecular flexibility index (Phi) is 15.1. The van der Waals surface area contributed by atoms with Gasteiger partial charge in [-0.1, -0.05) is 91.9 Å². The maximum atomic E-state index is 12.6. The van der Waals surface area contributed by atoms with E-state index in [0.29, 0.717) is 17.8 Å². The first kappa shape index (κ1) is 41.8. The predicted octanol–water partition coefficient (Wildman–Crippen LogP) is 4.46. The molecule has 52 heavy (non-hydrogen) atoms. The van der Waals surface area contributed by atoms with Gasteiger partial charge in [-0.15, -0.1) is 11.6 Å². The number of hydrogen-bond donors (Lipinski definition) is 4. The maximum absolute atomic E-state index is 12.6. The average Bonchev–Trinajstić information content (AvgIpc) is 3.16. The van der Waals surface area contributed by atoms with Gasteiger partial charge in [0.1, 0.15) is 0 Å². The van der Waals surface area contributed by atoms with Crippen LogP contribution in [0.4, 0.5) is 4.79 Å². The number of carbonyl (C=O) groups is 5. The van der Waals surface area contributed by atoms with Crippen molar-refractivity contribution in [2.24, 2.45) is 5.92 Å². The Morgan fingerprint density at radius 3 is 1.65 bits per heavy atom. The van der Waals surface area contributed by atoms with Crippen LogP contribution in [0.5, 0.6) is 0 Å². The fraction of sp³-hybridized carbons (Fsp3) is 0.410. The summed E-state index contributed by atoms with van der Waals surface area (Å²) in [6, 6.07) is 22.1. The molecule has 2 amide bonds. The zero-order valence-corrected chi connectivity index (χ0v) is 30.7. The summed E-state index contributed by atoms with van der Waals surface area (Å²) in [6.45, 7) is 8.51. The van der Waals surface area contributed by atoms with E-state index < -0.39 is 45.8 Å². The van der Waals surface area contributed by atoms with Crippen LogP contribution in [0.25, 0.3) is 0 Å². The van der Waals surface area contributed by atoms with Gasteiger partial charge in [-0.05, 0) is 49.8 Å². The SMILES string of the molecule is CCN(CC1CCN(C(=O)N(C)C)CC1)C(C)Cc1cccc(CCl)c1.O=C(O)C(O)(C(=O)c1ccccc1)C(O)(C(=O)O)C(=O)c1ccccc1. The number of urea groups is 1. The minimum absolute atomic E-state index is 0.142. The van der Waals surface area contributed by atoms with Gasteiger partial charge < -0.3 is 35.1 Å². The average molecular weight is 738 g/mol. The van der Waals surface area contributed by atoms with Gasteiger partial charge in [-0.2, -0.15) is 0 Å². The molecule has 12 nitrogen and oxygen atoms in total. The molecule has 3 atom stereocenters. The first-order valence-electron chi connectivity index (χ1n) is 17.1. The third-order valence-corrected chi connectivity index (χ3v) is 9.65. The van der Waals surface area contributed by atoms with Gasteiger partial charge in [0.25, 0.3) is 11.2 Å². The molecule has 13 heteroatoms. The topological polar surface area (TPSA) is 176 Å². The number of carboxylic acids is 2. The molecule has 0 radical (unpaired) electrons. The highest BCUT2D eigenvalue weighted by Crippen LogP contribution is 2.32. The van der Waals surface area contributed by atoms with Gasteiger partial charge in [0.05, 0.1) is 0 Å². The monoisotopic (exact) mass is 737 g/mol. The predicted molar refractivity (Wildman–Crippen MR) is 197 cm³/mol. The first-order valence-corrected chi connectivity index (χ1v) is 17.6. The number of amides is 2. The molecular formula is C39H48ClN3O9. The zero-order chi connectivity index (χ0) is 38.6. The highest BCUT2D eigenvalue weighted by atomic mass is 35.5. The molecule has 3 unspecified atom stereocenters. The molecular weight excluding hydrogens is 690 g/mol. The number of benzene rings is 3. The molecule has 1 saturated heterocycles. The van der Waals surface area contributed by atoms with Crippen molar-refractivity contribution in [2.75, 3.05) is 40.3 Å². The van der Waals surface area contributed by atoms with E-state index >= 15 is 0 Å². The Morgan fingerprint density at radius 1 is 0.788 bits per heavy atom. The molecule has 0 bridgehead atoms. The number of Topliss-reactive ketones (excluding diaryl/α,β-unsaturated/α-hetero) is 2. The fourth-order valence-electron chi connectivity index (χ4n) is 6.28. The smallest absolute Gasteiger partial charge is 0.348 e. The van der Waals surface area contributed by atoms with Crippen LogP contribution in [-0.2, 0) is 21.9 Å². The minimum atomic E-state index is -3.95. The Hall–Kier alpha value is -4.62. The van der Waals surface area contributed by atoms with Gasteiger partial charge in [0.15, 0.2) is 0 Å². The number of carbonyl (C=O) groups excluding carboxylic acids is 3. The van der Waals surface area contributed by atoms with E-state index in [1.54, 1.807) is 4.90 Å². The van der Waals surface area contributed by atoms with E-state index in [0.717, 1.165) is 69.7 Å². The number of aliphatic hydroxyl groups is 2. The molecule has 1 aliphatic rings. The van der Waals surface area contributed by atoms with Crippen LogP contribution < -0.4 is 0 Å². The molecule has 1 heterocycles. The fourth-order valence-corrected chi connectivity index (χ4v) is 6.45. The lowest BCUT2D eigenvalue weighted by Crippen LogP contribution is -2.71. The zero-order valence-electron chi connectivity index (χ0n) is 29.9. The van der Waals surface area contributed by atoms with Gasteiger partial charge in [-0.25, -0.2) is 14.4 Å². The third-order valence-electron chi connectivity index (χ3n) is 9.34. The third kappa shape index (κ3) is 9.62. The number of alkyl halides is 1. The number of likely N-dealkylation sites (tertiary alicyclic amines) is 1. The lowest BCUT2D eigenvalue weighted by atomic mass is 9.73. The number of ketones is 2. The number of rotatable bonds is 14. The van der Waals surface area contributed by atoms with E-state index in [1.807, 2.05) is 19.0 Å². The van der Waals surface area contributed by atoms with Crippen molar-refractivity contribution in [3.63, 3.8) is 0 Å². The molecule has 0 spiro atoms. The van der Waals surface area contributed by atoms with E-state index in [2.05, 4.69) is 43.0 Å². The lowest BCUT2D eigenvalue weighted by Gasteiger charge is -2.37. The normalized spacial score (nSPS) is 16.0. The minimum Gasteiger partial charge on any atom is -0.479 e. The van der Waals surface area contributed by atoms with Crippen LogP contribution in [0, 0.1) is 5.92 Å². The standard InChI is InChI=1S/C21H34ClN3O.C18H14O8/c1-5-24(17(2)13-19-7-6-8-20(14-19)15-22)16-18-9-11-25(12-10-18)21(26)23(3)4;19-13(11-7-3-1-4-8-11)17(25,15(21)22)18(26,16(23)24)14(20)12-9-5-2-6-10-12/h6-8,14,17-18H,5,9-13,15-16H2,1-4H3;1-10,25-26H,(H,21,22)(H,23,24). The second-order valence-corrected chi connectivity index (χ2v) is 13.4. The molecule has 0 aliphatic carbocycles.